The molecule has 0 unspecified atom stereocenters. The molecule has 0 aliphatic rings. The Labute approximate surface area is 110 Å². The summed E-state index contributed by atoms with van der Waals surface area (Å²) in [6.07, 6.45) is 0.330. The number of hydrogen-bond acceptors (Lipinski definition) is 2. The van der Waals surface area contributed by atoms with Crippen LogP contribution in [0.4, 0.5) is 4.39 Å². The molecule has 2 nitrogen and oxygen atoms in total. The van der Waals surface area contributed by atoms with Crippen LogP contribution in [0, 0.1) is 17.2 Å². The van der Waals surface area contributed by atoms with Crippen LogP contribution < -0.4 is 0 Å². The molecule has 0 aromatic heterocycles. The second-order valence-corrected chi connectivity index (χ2v) is 5.66. The van der Waals surface area contributed by atoms with Crippen LogP contribution in [-0.2, 0) is 6.42 Å². The molecule has 17 heavy (non-hydrogen) atoms. The lowest BCUT2D eigenvalue weighted by atomic mass is 9.74. The zero-order valence-corrected chi connectivity index (χ0v) is 11.7. The van der Waals surface area contributed by atoms with Gasteiger partial charge in [-0.05, 0) is 30.0 Å². The predicted molar refractivity (Wildman–Crippen MR) is 69.2 cm³/mol. The molecule has 0 saturated carbocycles. The first kappa shape index (κ1) is 14.6. The maximum atomic E-state index is 13.7. The number of benzene rings is 1. The van der Waals surface area contributed by atoms with E-state index in [0.29, 0.717) is 16.5 Å². The van der Waals surface area contributed by atoms with Crippen LogP contribution >= 0.6 is 15.9 Å². The Morgan fingerprint density at radius 2 is 1.88 bits per heavy atom. The molecule has 0 spiro atoms. The van der Waals surface area contributed by atoms with E-state index in [2.05, 4.69) is 15.9 Å². The first-order chi connectivity index (χ1) is 7.95. The molecule has 4 heteroatoms. The van der Waals surface area contributed by atoms with Crippen molar-refractivity contribution in [3.05, 3.63) is 34.1 Å². The molecule has 0 atom stereocenters. The third kappa shape index (κ3) is 3.27. The van der Waals surface area contributed by atoms with Crippen molar-refractivity contribution in [2.75, 3.05) is 13.2 Å². The molecule has 1 rings (SSSR count). The summed E-state index contributed by atoms with van der Waals surface area (Å²) in [7, 11) is 0. The van der Waals surface area contributed by atoms with E-state index in [9.17, 15) is 14.6 Å². The van der Waals surface area contributed by atoms with Gasteiger partial charge in [-0.2, -0.15) is 0 Å². The third-order valence-corrected chi connectivity index (χ3v) is 3.91. The molecule has 0 aliphatic carbocycles. The van der Waals surface area contributed by atoms with Crippen LogP contribution in [0.3, 0.4) is 0 Å². The molecular formula is C13H18BrFO2. The van der Waals surface area contributed by atoms with E-state index in [1.807, 2.05) is 13.8 Å². The molecule has 0 aliphatic heterocycles. The van der Waals surface area contributed by atoms with Gasteiger partial charge in [0.15, 0.2) is 0 Å². The monoisotopic (exact) mass is 304 g/mol. The average Bonchev–Trinajstić information content (AvgIpc) is 2.28. The van der Waals surface area contributed by atoms with E-state index in [4.69, 9.17) is 0 Å². The Hall–Kier alpha value is -0.450. The summed E-state index contributed by atoms with van der Waals surface area (Å²) in [6, 6.07) is 4.84. The Morgan fingerprint density at radius 3 is 2.29 bits per heavy atom. The summed E-state index contributed by atoms with van der Waals surface area (Å²) in [5.41, 5.74) is -0.153. The fraction of sp³-hybridized carbons (Fsp3) is 0.538. The summed E-state index contributed by atoms with van der Waals surface area (Å²) in [6.45, 7) is 3.53. The summed E-state index contributed by atoms with van der Waals surface area (Å²) in [4.78, 5) is 0. The van der Waals surface area contributed by atoms with Crippen molar-refractivity contribution in [2.45, 2.75) is 20.3 Å². The summed E-state index contributed by atoms with van der Waals surface area (Å²) in [5.74, 6) is -0.244. The highest BCUT2D eigenvalue weighted by atomic mass is 79.9. The van der Waals surface area contributed by atoms with Gasteiger partial charge in [0.25, 0.3) is 0 Å². The standard InChI is InChI=1S/C13H18BrFO2/c1-9(2)13(7-16,8-17)6-10-3-4-11(14)5-12(10)15/h3-5,9,16-17H,6-8H2,1-2H3. The molecule has 1 aromatic rings. The molecule has 96 valence electrons. The first-order valence-corrected chi connectivity index (χ1v) is 6.40. The third-order valence-electron chi connectivity index (χ3n) is 3.41. The SMILES string of the molecule is CC(C)C(CO)(CO)Cc1ccc(Br)cc1F. The van der Waals surface area contributed by atoms with Crippen LogP contribution in [-0.4, -0.2) is 23.4 Å². The van der Waals surface area contributed by atoms with Crippen LogP contribution in [0.15, 0.2) is 22.7 Å². The average molecular weight is 305 g/mol. The number of aliphatic hydroxyl groups excluding tert-OH is 2. The second kappa shape index (κ2) is 5.94. The van der Waals surface area contributed by atoms with Crippen LogP contribution in [0.25, 0.3) is 0 Å². The minimum absolute atomic E-state index is 0.0700. The maximum Gasteiger partial charge on any atom is 0.127 e. The topological polar surface area (TPSA) is 40.5 Å². The smallest absolute Gasteiger partial charge is 0.127 e. The lowest BCUT2D eigenvalue weighted by molar-refractivity contribution is 0.0157. The highest BCUT2D eigenvalue weighted by Crippen LogP contribution is 2.32. The molecule has 0 amide bonds. The Morgan fingerprint density at radius 1 is 1.29 bits per heavy atom. The predicted octanol–water partition coefficient (Wildman–Crippen LogP) is 2.76. The maximum absolute atomic E-state index is 13.7. The normalized spacial score (nSPS) is 12.2. The van der Waals surface area contributed by atoms with Gasteiger partial charge in [-0.1, -0.05) is 35.8 Å². The van der Waals surface area contributed by atoms with Gasteiger partial charge in [0, 0.05) is 9.89 Å². The van der Waals surface area contributed by atoms with E-state index >= 15 is 0 Å². The van der Waals surface area contributed by atoms with Crippen molar-refractivity contribution in [1.82, 2.24) is 0 Å². The quantitative estimate of drug-likeness (QED) is 0.878. The highest BCUT2D eigenvalue weighted by molar-refractivity contribution is 9.10. The van der Waals surface area contributed by atoms with Crippen LogP contribution in [0.1, 0.15) is 19.4 Å². The van der Waals surface area contributed by atoms with Crippen LogP contribution in [0.5, 0.6) is 0 Å². The van der Waals surface area contributed by atoms with Crippen LogP contribution in [0.2, 0.25) is 0 Å². The summed E-state index contributed by atoms with van der Waals surface area (Å²) < 4.78 is 14.4. The van der Waals surface area contributed by atoms with Gasteiger partial charge < -0.3 is 10.2 Å². The fourth-order valence-electron chi connectivity index (χ4n) is 1.78. The molecule has 0 bridgehead atoms. The van der Waals surface area contributed by atoms with Gasteiger partial charge in [-0.15, -0.1) is 0 Å². The van der Waals surface area contributed by atoms with E-state index in [1.165, 1.54) is 6.07 Å². The summed E-state index contributed by atoms with van der Waals surface area (Å²) in [5, 5.41) is 18.9. The number of halogens is 2. The van der Waals surface area contributed by atoms with Gasteiger partial charge in [0.1, 0.15) is 5.82 Å². The molecule has 0 saturated heterocycles. The Kier molecular flexibility index (Phi) is 5.10. The van der Waals surface area contributed by atoms with Gasteiger partial charge in [0.2, 0.25) is 0 Å². The van der Waals surface area contributed by atoms with Gasteiger partial charge in [-0.3, -0.25) is 0 Å². The van der Waals surface area contributed by atoms with Crippen molar-refractivity contribution >= 4 is 15.9 Å². The zero-order valence-electron chi connectivity index (χ0n) is 10.1. The van der Waals surface area contributed by atoms with Crippen molar-refractivity contribution in [3.8, 4) is 0 Å². The Bertz CT molecular complexity index is 376. The minimum Gasteiger partial charge on any atom is -0.396 e. The van der Waals surface area contributed by atoms with E-state index in [1.54, 1.807) is 12.1 Å². The highest BCUT2D eigenvalue weighted by Gasteiger charge is 2.33. The number of hydrogen-bond donors (Lipinski definition) is 2. The number of aliphatic hydroxyl groups is 2. The first-order valence-electron chi connectivity index (χ1n) is 5.61. The molecule has 2 N–H and O–H groups in total. The largest absolute Gasteiger partial charge is 0.396 e. The molecule has 1 aromatic carbocycles. The van der Waals surface area contributed by atoms with E-state index < -0.39 is 5.41 Å². The van der Waals surface area contributed by atoms with E-state index in [-0.39, 0.29) is 24.9 Å². The van der Waals surface area contributed by atoms with Crippen molar-refractivity contribution < 1.29 is 14.6 Å². The van der Waals surface area contributed by atoms with Gasteiger partial charge in [0.05, 0.1) is 13.2 Å². The molecular weight excluding hydrogens is 287 g/mol. The van der Waals surface area contributed by atoms with Crippen molar-refractivity contribution in [3.63, 3.8) is 0 Å². The fourth-order valence-corrected chi connectivity index (χ4v) is 2.11. The Balaban J connectivity index is 3.01. The van der Waals surface area contributed by atoms with Crippen molar-refractivity contribution in [1.29, 1.82) is 0 Å². The molecule has 0 radical (unpaired) electrons. The molecule has 0 fully saturated rings. The van der Waals surface area contributed by atoms with Crippen molar-refractivity contribution in [2.24, 2.45) is 11.3 Å². The van der Waals surface area contributed by atoms with Gasteiger partial charge >= 0.3 is 0 Å². The lowest BCUT2D eigenvalue weighted by Gasteiger charge is -2.34. The number of rotatable bonds is 5. The zero-order chi connectivity index (χ0) is 13.1. The summed E-state index contributed by atoms with van der Waals surface area (Å²) >= 11 is 3.20. The van der Waals surface area contributed by atoms with Gasteiger partial charge in [-0.25, -0.2) is 4.39 Å². The van der Waals surface area contributed by atoms with E-state index in [0.717, 1.165) is 0 Å². The second-order valence-electron chi connectivity index (χ2n) is 4.75. The minimum atomic E-state index is -0.672. The lowest BCUT2D eigenvalue weighted by Crippen LogP contribution is -2.38. The molecule has 0 heterocycles.